The summed E-state index contributed by atoms with van der Waals surface area (Å²) in [5.41, 5.74) is 3.84. The Morgan fingerprint density at radius 3 is 2.74 bits per heavy atom. The summed E-state index contributed by atoms with van der Waals surface area (Å²) >= 11 is 0.939. The van der Waals surface area contributed by atoms with Gasteiger partial charge in [0, 0.05) is 41.5 Å². The Morgan fingerprint density at radius 2 is 2.05 bits per heavy atom. The summed E-state index contributed by atoms with van der Waals surface area (Å²) in [5.74, 6) is -0.0786. The molecule has 3 N–H and O–H groups in total. The monoisotopic (exact) mass is 553 g/mol. The number of thiophene rings is 1. The largest absolute Gasteiger partial charge is 0.393 e. The van der Waals surface area contributed by atoms with Crippen molar-refractivity contribution in [2.75, 3.05) is 23.7 Å². The zero-order chi connectivity index (χ0) is 27.7. The number of hydrogen-bond donors (Lipinski definition) is 3. The molecular formula is C27H26F3N7OS. The van der Waals surface area contributed by atoms with Crippen molar-refractivity contribution >= 4 is 50.1 Å². The Balaban J connectivity index is 1.30. The maximum Gasteiger partial charge on any atom is 0.393 e. The van der Waals surface area contributed by atoms with Gasteiger partial charge in [-0.25, -0.2) is 4.98 Å². The highest BCUT2D eigenvalue weighted by molar-refractivity contribution is 7.18. The zero-order valence-electron chi connectivity index (χ0n) is 21.2. The second kappa shape index (κ2) is 10.7. The van der Waals surface area contributed by atoms with E-state index >= 15 is 0 Å². The van der Waals surface area contributed by atoms with Gasteiger partial charge in [-0.3, -0.25) is 15.0 Å². The molecule has 202 valence electrons. The number of alkyl halides is 3. The maximum atomic E-state index is 13.0. The Kier molecular flexibility index (Phi) is 7.29. The molecule has 0 radical (unpaired) electrons. The molecule has 3 aromatic heterocycles. The average Bonchev–Trinajstić information content (AvgIpc) is 3.49. The van der Waals surface area contributed by atoms with Gasteiger partial charge in [0.15, 0.2) is 0 Å². The number of H-pyrrole nitrogens is 1. The van der Waals surface area contributed by atoms with E-state index in [-0.39, 0.29) is 16.9 Å². The van der Waals surface area contributed by atoms with Crippen LogP contribution in [0, 0.1) is 18.3 Å². The molecule has 0 saturated carbocycles. The third-order valence-electron chi connectivity index (χ3n) is 6.87. The van der Waals surface area contributed by atoms with Gasteiger partial charge in [-0.2, -0.15) is 23.4 Å². The van der Waals surface area contributed by atoms with Gasteiger partial charge in [-0.15, -0.1) is 11.3 Å². The van der Waals surface area contributed by atoms with Crippen LogP contribution in [0.15, 0.2) is 36.9 Å². The number of aromatic amines is 1. The number of carbonyl (C=O) groups is 1. The van der Waals surface area contributed by atoms with Gasteiger partial charge >= 0.3 is 6.18 Å². The van der Waals surface area contributed by atoms with E-state index in [1.807, 2.05) is 12.1 Å². The molecule has 39 heavy (non-hydrogen) atoms. The lowest BCUT2D eigenvalue weighted by Crippen LogP contribution is -2.39. The minimum absolute atomic E-state index is 0.0166. The number of benzene rings is 1. The molecule has 0 bridgehead atoms. The lowest BCUT2D eigenvalue weighted by atomic mass is 10.0. The van der Waals surface area contributed by atoms with Gasteiger partial charge in [-0.1, -0.05) is 12.6 Å². The van der Waals surface area contributed by atoms with Crippen molar-refractivity contribution in [1.29, 1.82) is 5.26 Å². The van der Waals surface area contributed by atoms with Crippen LogP contribution in [0.1, 0.15) is 34.5 Å². The highest BCUT2D eigenvalue weighted by atomic mass is 32.1. The number of anilines is 2. The van der Waals surface area contributed by atoms with Crippen LogP contribution in [-0.2, 0) is 17.8 Å². The molecule has 1 amide bonds. The van der Waals surface area contributed by atoms with E-state index in [2.05, 4.69) is 56.1 Å². The smallest absolute Gasteiger partial charge is 0.367 e. The number of nitrogens with zero attached hydrogens (tertiary/aromatic N) is 4. The lowest BCUT2D eigenvalue weighted by Gasteiger charge is -2.33. The first kappa shape index (κ1) is 26.6. The normalized spacial score (nSPS) is 14.9. The first-order valence-corrected chi connectivity index (χ1v) is 13.2. The van der Waals surface area contributed by atoms with E-state index in [1.165, 1.54) is 11.6 Å². The van der Waals surface area contributed by atoms with Crippen molar-refractivity contribution in [2.24, 2.45) is 0 Å². The number of piperidine rings is 1. The second-order valence-corrected chi connectivity index (χ2v) is 10.7. The van der Waals surface area contributed by atoms with E-state index in [9.17, 15) is 23.2 Å². The molecule has 4 heterocycles. The topological polar surface area (TPSA) is 110 Å². The predicted molar refractivity (Wildman–Crippen MR) is 146 cm³/mol. The van der Waals surface area contributed by atoms with E-state index in [0.717, 1.165) is 66.4 Å². The van der Waals surface area contributed by atoms with Gasteiger partial charge in [0.25, 0.3) is 0 Å². The summed E-state index contributed by atoms with van der Waals surface area (Å²) in [4.78, 5) is 26.5. The molecule has 0 atom stereocenters. The van der Waals surface area contributed by atoms with Gasteiger partial charge in [0.2, 0.25) is 11.9 Å². The molecule has 1 aromatic carbocycles. The summed E-state index contributed by atoms with van der Waals surface area (Å²) in [6, 6.07) is 9.65. The molecule has 8 nitrogen and oxygen atoms in total. The summed E-state index contributed by atoms with van der Waals surface area (Å²) < 4.78 is 39.1. The standard InChI is InChI=1S/C27H26F3N7OS/c1-3-23(38)34-26-35-24(21-11-19(12-27(28,29)30)39-25(21)36-26)33-17-6-8-37(9-7-17)14-16-4-5-22-20(15(16)2)10-18(13-31)32-22/h3-5,10-11,17,32H,1,6-9,12,14H2,2H3,(H2,33,34,35,36,38). The number of carbonyl (C=O) groups excluding carboxylic acids is 1. The van der Waals surface area contributed by atoms with Gasteiger partial charge in [0.1, 0.15) is 22.4 Å². The van der Waals surface area contributed by atoms with Crippen LogP contribution in [0.5, 0.6) is 0 Å². The molecule has 1 saturated heterocycles. The van der Waals surface area contributed by atoms with Crippen molar-refractivity contribution in [1.82, 2.24) is 19.9 Å². The van der Waals surface area contributed by atoms with Gasteiger partial charge in [-0.05, 0) is 55.2 Å². The van der Waals surface area contributed by atoms with Crippen LogP contribution in [0.25, 0.3) is 21.1 Å². The van der Waals surface area contributed by atoms with Crippen molar-refractivity contribution in [3.8, 4) is 6.07 Å². The number of halogens is 3. The number of aryl methyl sites for hydroxylation is 1. The minimum Gasteiger partial charge on any atom is -0.367 e. The number of nitriles is 1. The Morgan fingerprint density at radius 1 is 1.28 bits per heavy atom. The van der Waals surface area contributed by atoms with Crippen LogP contribution in [-0.4, -0.2) is 51.1 Å². The first-order chi connectivity index (χ1) is 18.6. The summed E-state index contributed by atoms with van der Waals surface area (Å²) in [6.45, 7) is 7.91. The van der Waals surface area contributed by atoms with Gasteiger partial charge in [0.05, 0.1) is 11.8 Å². The third kappa shape index (κ3) is 6.05. The fourth-order valence-electron chi connectivity index (χ4n) is 4.88. The number of amides is 1. The summed E-state index contributed by atoms with van der Waals surface area (Å²) in [7, 11) is 0. The van der Waals surface area contributed by atoms with E-state index in [0.29, 0.717) is 21.7 Å². The average molecular weight is 554 g/mol. The van der Waals surface area contributed by atoms with Crippen molar-refractivity contribution in [3.63, 3.8) is 0 Å². The molecule has 0 unspecified atom stereocenters. The molecule has 12 heteroatoms. The van der Waals surface area contributed by atoms with Crippen LogP contribution in [0.3, 0.4) is 0 Å². The molecule has 4 aromatic rings. The van der Waals surface area contributed by atoms with E-state index in [4.69, 9.17) is 0 Å². The van der Waals surface area contributed by atoms with Crippen molar-refractivity contribution < 1.29 is 18.0 Å². The highest BCUT2D eigenvalue weighted by Crippen LogP contribution is 2.34. The number of likely N-dealkylation sites (tertiary alicyclic amines) is 1. The van der Waals surface area contributed by atoms with Crippen LogP contribution in [0.4, 0.5) is 24.9 Å². The minimum atomic E-state index is -4.34. The molecule has 1 fully saturated rings. The first-order valence-electron chi connectivity index (χ1n) is 12.4. The fraction of sp³-hybridized carbons (Fsp3) is 0.333. The molecule has 0 aliphatic carbocycles. The second-order valence-electron chi connectivity index (χ2n) is 9.61. The molecule has 0 spiro atoms. The Bertz CT molecular complexity index is 1590. The SMILES string of the molecule is C=CC(=O)Nc1nc(NC2CCN(Cc3ccc4[nH]c(C#N)cc4c3C)CC2)c2cc(CC(F)(F)F)sc2n1. The van der Waals surface area contributed by atoms with Crippen LogP contribution in [0.2, 0.25) is 0 Å². The van der Waals surface area contributed by atoms with Gasteiger partial charge < -0.3 is 10.3 Å². The van der Waals surface area contributed by atoms with Crippen molar-refractivity contribution in [2.45, 2.75) is 44.9 Å². The quantitative estimate of drug-likeness (QED) is 0.255. The summed E-state index contributed by atoms with van der Waals surface area (Å²) in [5, 5.41) is 16.7. The molecular weight excluding hydrogens is 527 g/mol. The zero-order valence-corrected chi connectivity index (χ0v) is 22.0. The summed E-state index contributed by atoms with van der Waals surface area (Å²) in [6.07, 6.45) is -2.69. The molecule has 1 aliphatic rings. The number of aromatic nitrogens is 3. The molecule has 5 rings (SSSR count). The maximum absolute atomic E-state index is 13.0. The Labute approximate surface area is 226 Å². The number of hydrogen-bond acceptors (Lipinski definition) is 7. The Hall–Kier alpha value is -3.95. The third-order valence-corrected chi connectivity index (χ3v) is 7.90. The number of fused-ring (bicyclic) bond motifs is 2. The van der Waals surface area contributed by atoms with Crippen LogP contribution >= 0.6 is 11.3 Å². The van der Waals surface area contributed by atoms with E-state index in [1.54, 1.807) is 0 Å². The van der Waals surface area contributed by atoms with Crippen LogP contribution < -0.4 is 10.6 Å². The molecule has 1 aliphatic heterocycles. The fourth-order valence-corrected chi connectivity index (χ4v) is 5.94. The number of nitrogens with one attached hydrogen (secondary N) is 3. The van der Waals surface area contributed by atoms with Crippen molar-refractivity contribution in [3.05, 3.63) is 58.6 Å². The highest BCUT2D eigenvalue weighted by Gasteiger charge is 2.29. The van der Waals surface area contributed by atoms with E-state index < -0.39 is 18.5 Å². The number of rotatable bonds is 7. The predicted octanol–water partition coefficient (Wildman–Crippen LogP) is 5.66. The lowest BCUT2D eigenvalue weighted by molar-refractivity contribution is -0.126.